The number of ether oxygens (including phenoxy) is 2. The zero-order valence-electron chi connectivity index (χ0n) is 10.5. The topological polar surface area (TPSA) is 52.6 Å². The molecule has 92 valence electrons. The molecule has 0 aromatic carbocycles. The van der Waals surface area contributed by atoms with Crippen LogP contribution >= 0.6 is 0 Å². The van der Waals surface area contributed by atoms with Gasteiger partial charge in [0.1, 0.15) is 0 Å². The van der Waals surface area contributed by atoms with Crippen LogP contribution in [0.1, 0.15) is 39.5 Å². The summed E-state index contributed by atoms with van der Waals surface area (Å²) in [4.78, 5) is 22.8. The number of carbonyl (C=O) groups is 2. The lowest BCUT2D eigenvalue weighted by molar-refractivity contribution is -0.143. The molecule has 0 saturated heterocycles. The van der Waals surface area contributed by atoms with Gasteiger partial charge in [0.2, 0.25) is 0 Å². The van der Waals surface area contributed by atoms with Crippen molar-refractivity contribution in [2.24, 2.45) is 0 Å². The summed E-state index contributed by atoms with van der Waals surface area (Å²) < 4.78 is 9.25. The molecule has 0 heterocycles. The van der Waals surface area contributed by atoms with Crippen LogP contribution in [0.3, 0.4) is 0 Å². The lowest BCUT2D eigenvalue weighted by Gasteiger charge is -2.11. The number of carbonyl (C=O) groups excluding carboxylic acids is 2. The van der Waals surface area contributed by atoms with Gasteiger partial charge in [-0.25, -0.2) is 4.79 Å². The molecule has 16 heavy (non-hydrogen) atoms. The predicted molar refractivity (Wildman–Crippen MR) is 60.9 cm³/mol. The number of methoxy groups -OCH3 is 2. The third kappa shape index (κ3) is 4.47. The number of rotatable bonds is 6. The van der Waals surface area contributed by atoms with E-state index >= 15 is 0 Å². The first-order valence-electron chi connectivity index (χ1n) is 5.46. The van der Waals surface area contributed by atoms with Crippen molar-refractivity contribution in [2.45, 2.75) is 39.5 Å². The van der Waals surface area contributed by atoms with Gasteiger partial charge < -0.3 is 9.47 Å². The molecule has 0 atom stereocenters. The number of esters is 2. The minimum absolute atomic E-state index is 0.00759. The van der Waals surface area contributed by atoms with E-state index in [1.165, 1.54) is 14.2 Å². The van der Waals surface area contributed by atoms with E-state index in [1.807, 2.05) is 13.8 Å². The van der Waals surface area contributed by atoms with Crippen molar-refractivity contribution in [1.82, 2.24) is 0 Å². The normalized spacial score (nSPS) is 11.8. The molecule has 0 rings (SSSR count). The minimum atomic E-state index is -0.435. The Morgan fingerprint density at radius 1 is 1.06 bits per heavy atom. The highest BCUT2D eigenvalue weighted by atomic mass is 16.5. The zero-order chi connectivity index (χ0) is 12.6. The molecule has 0 N–H and O–H groups in total. The van der Waals surface area contributed by atoms with E-state index in [2.05, 4.69) is 9.47 Å². The standard InChI is InChI=1S/C12H20O4/c1-5-7-9(6-2)10(12(14)16-4)8-11(13)15-3/h5-8H2,1-4H3/b10-9+. The van der Waals surface area contributed by atoms with Crippen LogP contribution in [0.2, 0.25) is 0 Å². The number of hydrogen-bond donors (Lipinski definition) is 0. The van der Waals surface area contributed by atoms with Crippen molar-refractivity contribution in [3.8, 4) is 0 Å². The summed E-state index contributed by atoms with van der Waals surface area (Å²) in [7, 11) is 2.63. The lowest BCUT2D eigenvalue weighted by Crippen LogP contribution is -2.13. The summed E-state index contributed by atoms with van der Waals surface area (Å²) in [5.74, 6) is -0.849. The first kappa shape index (κ1) is 14.7. The molecule has 0 fully saturated rings. The Morgan fingerprint density at radius 3 is 2.06 bits per heavy atom. The highest BCUT2D eigenvalue weighted by molar-refractivity contribution is 5.94. The minimum Gasteiger partial charge on any atom is -0.469 e. The molecular formula is C12H20O4. The maximum Gasteiger partial charge on any atom is 0.334 e. The molecule has 0 aromatic rings. The van der Waals surface area contributed by atoms with E-state index in [0.29, 0.717) is 5.57 Å². The van der Waals surface area contributed by atoms with Crippen LogP contribution in [0.4, 0.5) is 0 Å². The van der Waals surface area contributed by atoms with E-state index < -0.39 is 11.9 Å². The van der Waals surface area contributed by atoms with E-state index in [4.69, 9.17) is 0 Å². The zero-order valence-corrected chi connectivity index (χ0v) is 10.5. The second kappa shape index (κ2) is 7.91. The Hall–Kier alpha value is -1.32. The van der Waals surface area contributed by atoms with Crippen LogP contribution in [-0.2, 0) is 19.1 Å². The van der Waals surface area contributed by atoms with Gasteiger partial charge in [-0.2, -0.15) is 0 Å². The van der Waals surface area contributed by atoms with Crippen molar-refractivity contribution < 1.29 is 19.1 Å². The van der Waals surface area contributed by atoms with Crippen molar-refractivity contribution >= 4 is 11.9 Å². The Kier molecular flexibility index (Phi) is 7.25. The Morgan fingerprint density at radius 2 is 1.69 bits per heavy atom. The Balaban J connectivity index is 5.01. The SMILES string of the molecule is CCC/C(CC)=C(\CC(=O)OC)C(=O)OC. The van der Waals surface area contributed by atoms with E-state index in [-0.39, 0.29) is 6.42 Å². The van der Waals surface area contributed by atoms with Gasteiger partial charge in [-0.1, -0.05) is 25.8 Å². The third-order valence-electron chi connectivity index (χ3n) is 2.39. The highest BCUT2D eigenvalue weighted by Gasteiger charge is 2.18. The van der Waals surface area contributed by atoms with Gasteiger partial charge in [-0.3, -0.25) is 4.79 Å². The van der Waals surface area contributed by atoms with Crippen molar-refractivity contribution in [3.05, 3.63) is 11.1 Å². The van der Waals surface area contributed by atoms with Crippen molar-refractivity contribution in [1.29, 1.82) is 0 Å². The average Bonchev–Trinajstić information content (AvgIpc) is 2.32. The van der Waals surface area contributed by atoms with Gasteiger partial charge in [0.25, 0.3) is 0 Å². The molecule has 0 aliphatic rings. The highest BCUT2D eigenvalue weighted by Crippen LogP contribution is 2.19. The molecule has 0 bridgehead atoms. The molecule has 0 aliphatic carbocycles. The van der Waals surface area contributed by atoms with Gasteiger partial charge in [-0.15, -0.1) is 0 Å². The van der Waals surface area contributed by atoms with Crippen LogP contribution in [0.15, 0.2) is 11.1 Å². The summed E-state index contributed by atoms with van der Waals surface area (Å²) in [6.45, 7) is 3.99. The summed E-state index contributed by atoms with van der Waals surface area (Å²) in [5.41, 5.74) is 1.42. The van der Waals surface area contributed by atoms with Crippen LogP contribution in [0.25, 0.3) is 0 Å². The molecule has 0 unspecified atom stereocenters. The molecule has 0 saturated carbocycles. The van der Waals surface area contributed by atoms with Gasteiger partial charge in [-0.05, 0) is 12.8 Å². The van der Waals surface area contributed by atoms with E-state index in [9.17, 15) is 9.59 Å². The second-order valence-electron chi connectivity index (χ2n) is 3.43. The number of hydrogen-bond acceptors (Lipinski definition) is 4. The van der Waals surface area contributed by atoms with Crippen molar-refractivity contribution in [3.63, 3.8) is 0 Å². The maximum absolute atomic E-state index is 11.6. The second-order valence-corrected chi connectivity index (χ2v) is 3.43. The van der Waals surface area contributed by atoms with Crippen LogP contribution in [0.5, 0.6) is 0 Å². The maximum atomic E-state index is 11.6. The van der Waals surface area contributed by atoms with E-state index in [0.717, 1.165) is 24.8 Å². The predicted octanol–water partition coefficient (Wildman–Crippen LogP) is 2.23. The molecule has 0 radical (unpaired) electrons. The molecule has 0 spiro atoms. The first-order chi connectivity index (χ1) is 7.60. The smallest absolute Gasteiger partial charge is 0.334 e. The average molecular weight is 228 g/mol. The largest absolute Gasteiger partial charge is 0.469 e. The first-order valence-corrected chi connectivity index (χ1v) is 5.46. The summed E-state index contributed by atoms with van der Waals surface area (Å²) in [5, 5.41) is 0. The van der Waals surface area contributed by atoms with E-state index in [1.54, 1.807) is 0 Å². The fourth-order valence-electron chi connectivity index (χ4n) is 1.52. The summed E-state index contributed by atoms with van der Waals surface area (Å²) >= 11 is 0. The summed E-state index contributed by atoms with van der Waals surface area (Å²) in [6, 6.07) is 0. The summed E-state index contributed by atoms with van der Waals surface area (Å²) in [6.07, 6.45) is 2.48. The quantitative estimate of drug-likeness (QED) is 0.516. The lowest BCUT2D eigenvalue weighted by atomic mass is 9.99. The van der Waals surface area contributed by atoms with Gasteiger partial charge >= 0.3 is 11.9 Å². The Labute approximate surface area is 96.6 Å². The Bertz CT molecular complexity index is 279. The molecule has 4 heteroatoms. The van der Waals surface area contributed by atoms with Crippen LogP contribution < -0.4 is 0 Å². The molecule has 0 aromatic heterocycles. The van der Waals surface area contributed by atoms with Crippen LogP contribution in [-0.4, -0.2) is 26.2 Å². The van der Waals surface area contributed by atoms with Crippen molar-refractivity contribution in [2.75, 3.05) is 14.2 Å². The van der Waals surface area contributed by atoms with Gasteiger partial charge in [0.15, 0.2) is 0 Å². The molecule has 0 amide bonds. The fourth-order valence-corrected chi connectivity index (χ4v) is 1.52. The molecule has 0 aliphatic heterocycles. The number of allylic oxidation sites excluding steroid dienone is 1. The van der Waals surface area contributed by atoms with Gasteiger partial charge in [0.05, 0.1) is 20.6 Å². The molecular weight excluding hydrogens is 208 g/mol. The monoisotopic (exact) mass is 228 g/mol. The molecule has 4 nitrogen and oxygen atoms in total. The van der Waals surface area contributed by atoms with Gasteiger partial charge in [0, 0.05) is 5.57 Å². The third-order valence-corrected chi connectivity index (χ3v) is 2.39. The van der Waals surface area contributed by atoms with Crippen LogP contribution in [0, 0.1) is 0 Å². The fraction of sp³-hybridized carbons (Fsp3) is 0.667.